The largest absolute Gasteiger partial charge is 0.310 e. The minimum absolute atomic E-state index is 0.0558. The van der Waals surface area contributed by atoms with Crippen LogP contribution in [0, 0.1) is 11.8 Å². The Labute approximate surface area is 272 Å². The van der Waals surface area contributed by atoms with Crippen molar-refractivity contribution in [2.24, 2.45) is 11.8 Å². The number of para-hydroxylation sites is 4. The van der Waals surface area contributed by atoms with Gasteiger partial charge in [0.15, 0.2) is 0 Å². The second-order valence-electron chi connectivity index (χ2n) is 13.2. The lowest BCUT2D eigenvalue weighted by atomic mass is 9.59. The van der Waals surface area contributed by atoms with E-state index in [9.17, 15) is 0 Å². The first-order chi connectivity index (χ1) is 22.8. The molecule has 0 bridgehead atoms. The molecule has 1 fully saturated rings. The average molecular weight is 595 g/mol. The van der Waals surface area contributed by atoms with E-state index in [0.29, 0.717) is 11.8 Å². The van der Waals surface area contributed by atoms with Gasteiger partial charge in [-0.2, -0.15) is 0 Å². The molecule has 2 nitrogen and oxygen atoms in total. The van der Waals surface area contributed by atoms with Gasteiger partial charge in [-0.15, -0.1) is 0 Å². The van der Waals surface area contributed by atoms with Gasteiger partial charge in [0, 0.05) is 28.2 Å². The molecule has 1 saturated carbocycles. The summed E-state index contributed by atoms with van der Waals surface area (Å²) in [5.74, 6) is 1.15. The summed E-state index contributed by atoms with van der Waals surface area (Å²) in [5, 5.41) is 0. The zero-order valence-corrected chi connectivity index (χ0v) is 26.1. The molecular formula is C44H38N2. The van der Waals surface area contributed by atoms with Gasteiger partial charge in [0.2, 0.25) is 0 Å². The van der Waals surface area contributed by atoms with Crippen LogP contribution in [0.25, 0.3) is 0 Å². The predicted molar refractivity (Wildman–Crippen MR) is 191 cm³/mol. The van der Waals surface area contributed by atoms with E-state index in [-0.39, 0.29) is 5.41 Å². The second-order valence-corrected chi connectivity index (χ2v) is 13.2. The van der Waals surface area contributed by atoms with Gasteiger partial charge in [0.1, 0.15) is 0 Å². The molecule has 3 aliphatic rings. The molecule has 6 aromatic carbocycles. The molecule has 0 heterocycles. The lowest BCUT2D eigenvalue weighted by molar-refractivity contribution is 0.177. The van der Waals surface area contributed by atoms with Crippen LogP contribution in [0.4, 0.5) is 34.1 Å². The van der Waals surface area contributed by atoms with Crippen LogP contribution in [0.2, 0.25) is 0 Å². The lowest BCUT2D eigenvalue weighted by Crippen LogP contribution is -2.42. The average Bonchev–Trinajstić information content (AvgIpc) is 3.65. The molecule has 9 rings (SSSR count). The molecule has 2 unspecified atom stereocenters. The zero-order valence-electron chi connectivity index (χ0n) is 26.1. The van der Waals surface area contributed by atoms with E-state index in [1.807, 2.05) is 0 Å². The summed E-state index contributed by atoms with van der Waals surface area (Å²) >= 11 is 0. The minimum Gasteiger partial charge on any atom is -0.310 e. The Bertz CT molecular complexity index is 1760. The van der Waals surface area contributed by atoms with Crippen LogP contribution < -0.4 is 9.80 Å². The van der Waals surface area contributed by atoms with Gasteiger partial charge in [-0.25, -0.2) is 0 Å². The van der Waals surface area contributed by atoms with Crippen molar-refractivity contribution in [2.75, 3.05) is 9.80 Å². The predicted octanol–water partition coefficient (Wildman–Crippen LogP) is 11.4. The van der Waals surface area contributed by atoms with E-state index >= 15 is 0 Å². The van der Waals surface area contributed by atoms with Crippen LogP contribution in [0.3, 0.4) is 0 Å². The van der Waals surface area contributed by atoms with Gasteiger partial charge in [-0.1, -0.05) is 103 Å². The Balaban J connectivity index is 1.34. The Kier molecular flexibility index (Phi) is 6.56. The van der Waals surface area contributed by atoms with Crippen molar-refractivity contribution >= 4 is 34.1 Å². The van der Waals surface area contributed by atoms with Crippen molar-refractivity contribution in [1.29, 1.82) is 0 Å². The summed E-state index contributed by atoms with van der Waals surface area (Å²) < 4.78 is 0. The fourth-order valence-electron chi connectivity index (χ4n) is 9.40. The highest BCUT2D eigenvalue weighted by Gasteiger charge is 2.60. The fourth-order valence-corrected chi connectivity index (χ4v) is 9.40. The van der Waals surface area contributed by atoms with Crippen molar-refractivity contribution in [1.82, 2.24) is 0 Å². The number of anilines is 6. The number of rotatable bonds is 6. The van der Waals surface area contributed by atoms with Crippen molar-refractivity contribution in [3.63, 3.8) is 0 Å². The topological polar surface area (TPSA) is 6.48 Å². The molecule has 1 spiro atoms. The Hall–Kier alpha value is -5.08. The zero-order chi connectivity index (χ0) is 30.5. The molecule has 6 aromatic rings. The summed E-state index contributed by atoms with van der Waals surface area (Å²) in [5.41, 5.74) is 13.6. The molecule has 224 valence electrons. The van der Waals surface area contributed by atoms with Crippen LogP contribution in [0.1, 0.15) is 41.5 Å². The number of hydrogen-bond donors (Lipinski definition) is 0. The first kappa shape index (κ1) is 27.2. The Morgan fingerprint density at radius 2 is 0.739 bits per heavy atom. The quantitative estimate of drug-likeness (QED) is 0.189. The van der Waals surface area contributed by atoms with Gasteiger partial charge < -0.3 is 9.80 Å². The summed E-state index contributed by atoms with van der Waals surface area (Å²) in [6.07, 6.45) is 6.13. The van der Waals surface area contributed by atoms with Crippen LogP contribution in [-0.4, -0.2) is 0 Å². The second kappa shape index (κ2) is 11.1. The maximum atomic E-state index is 2.52. The van der Waals surface area contributed by atoms with Gasteiger partial charge in [-0.3, -0.25) is 0 Å². The number of fused-ring (bicyclic) bond motifs is 2. The summed E-state index contributed by atoms with van der Waals surface area (Å²) in [4.78, 5) is 5.04. The standard InChI is InChI=1S/C44H38N2/c1-5-20-36(21-6-1)45(37-22-7-2-8-23-37)40-28-13-16-32-30-34-18-15-19-35-31-33-17-14-29-41(43(33)44(34,35)42(32)40)46(38-24-9-3-10-25-38)39-26-11-4-12-27-39/h1-14,16-17,20-29,34-35H,15,18-19,30-31H2. The molecule has 0 aliphatic heterocycles. The molecule has 2 heteroatoms. The number of nitrogens with zero attached hydrogens (tertiary/aromatic N) is 2. The molecule has 0 radical (unpaired) electrons. The minimum atomic E-state index is -0.0558. The smallest absolute Gasteiger partial charge is 0.0505 e. The highest BCUT2D eigenvalue weighted by atomic mass is 15.2. The first-order valence-corrected chi connectivity index (χ1v) is 16.9. The SMILES string of the molecule is c1ccc(N(c2ccccc2)c2cccc3c2C24c5c(cccc5N(c5ccccc5)c5ccccc5)CC2CCCC4C3)cc1. The van der Waals surface area contributed by atoms with Crippen molar-refractivity contribution in [2.45, 2.75) is 37.5 Å². The normalized spacial score (nSPS) is 20.7. The van der Waals surface area contributed by atoms with Crippen molar-refractivity contribution in [3.05, 3.63) is 180 Å². The summed E-state index contributed by atoms with van der Waals surface area (Å²) in [7, 11) is 0. The van der Waals surface area contributed by atoms with Gasteiger partial charge in [0.05, 0.1) is 11.4 Å². The van der Waals surface area contributed by atoms with Crippen molar-refractivity contribution < 1.29 is 0 Å². The van der Waals surface area contributed by atoms with E-state index in [1.165, 1.54) is 64.5 Å². The third kappa shape index (κ3) is 4.09. The maximum Gasteiger partial charge on any atom is 0.0505 e. The molecule has 3 aliphatic carbocycles. The lowest BCUT2D eigenvalue weighted by Gasteiger charge is -2.46. The Morgan fingerprint density at radius 1 is 0.391 bits per heavy atom. The molecule has 0 N–H and O–H groups in total. The van der Waals surface area contributed by atoms with E-state index < -0.39 is 0 Å². The maximum absolute atomic E-state index is 2.52. The third-order valence-corrected chi connectivity index (χ3v) is 10.9. The number of benzene rings is 6. The number of hydrogen-bond acceptors (Lipinski definition) is 2. The molecule has 2 atom stereocenters. The van der Waals surface area contributed by atoms with E-state index in [0.717, 1.165) is 12.8 Å². The molecule has 0 aromatic heterocycles. The van der Waals surface area contributed by atoms with Crippen molar-refractivity contribution in [3.8, 4) is 0 Å². The fraction of sp³-hybridized carbons (Fsp3) is 0.182. The highest BCUT2D eigenvalue weighted by Crippen LogP contribution is 2.67. The van der Waals surface area contributed by atoms with Crippen LogP contribution >= 0.6 is 0 Å². The first-order valence-electron chi connectivity index (χ1n) is 16.9. The molecular weight excluding hydrogens is 556 g/mol. The van der Waals surface area contributed by atoms with Gasteiger partial charge >= 0.3 is 0 Å². The monoisotopic (exact) mass is 594 g/mol. The highest BCUT2D eigenvalue weighted by molar-refractivity contribution is 5.86. The molecule has 46 heavy (non-hydrogen) atoms. The van der Waals surface area contributed by atoms with Gasteiger partial charge in [0.25, 0.3) is 0 Å². The van der Waals surface area contributed by atoms with E-state index in [2.05, 4.69) is 168 Å². The van der Waals surface area contributed by atoms with Crippen LogP contribution in [0.5, 0.6) is 0 Å². The summed E-state index contributed by atoms with van der Waals surface area (Å²) in [6.45, 7) is 0. The molecule has 0 amide bonds. The summed E-state index contributed by atoms with van der Waals surface area (Å²) in [6, 6.07) is 58.2. The van der Waals surface area contributed by atoms with Gasteiger partial charge in [-0.05, 0) is 120 Å². The van der Waals surface area contributed by atoms with Crippen LogP contribution in [-0.2, 0) is 18.3 Å². The third-order valence-electron chi connectivity index (χ3n) is 10.9. The van der Waals surface area contributed by atoms with Crippen LogP contribution in [0.15, 0.2) is 158 Å². The Morgan fingerprint density at radius 3 is 1.09 bits per heavy atom. The van der Waals surface area contributed by atoms with E-state index in [4.69, 9.17) is 0 Å². The van der Waals surface area contributed by atoms with E-state index in [1.54, 1.807) is 11.1 Å². The molecule has 0 saturated heterocycles.